The number of anilines is 1. The van der Waals surface area contributed by atoms with Crippen molar-refractivity contribution in [3.8, 4) is 0 Å². The zero-order valence-electron chi connectivity index (χ0n) is 17.1. The number of para-hydroxylation sites is 1. The Bertz CT molecular complexity index is 836. The van der Waals surface area contributed by atoms with E-state index in [4.69, 9.17) is 0 Å². The van der Waals surface area contributed by atoms with Gasteiger partial charge < -0.3 is 10.2 Å². The number of imide groups is 2. The Morgan fingerprint density at radius 1 is 1.07 bits per heavy atom. The predicted molar refractivity (Wildman–Crippen MR) is 106 cm³/mol. The second-order valence-electron chi connectivity index (χ2n) is 7.29. The summed E-state index contributed by atoms with van der Waals surface area (Å²) in [5, 5.41) is 2.75. The van der Waals surface area contributed by atoms with Crippen LogP contribution in [0.5, 0.6) is 0 Å². The van der Waals surface area contributed by atoms with Gasteiger partial charge in [-0.05, 0) is 24.0 Å². The molecule has 0 bridgehead atoms. The number of rotatable bonds is 8. The first kappa shape index (κ1) is 22.1. The first-order chi connectivity index (χ1) is 13.6. The van der Waals surface area contributed by atoms with Crippen LogP contribution in [-0.4, -0.2) is 71.0 Å². The molecule has 0 spiro atoms. The summed E-state index contributed by atoms with van der Waals surface area (Å²) < 4.78 is 0. The highest BCUT2D eigenvalue weighted by Crippen LogP contribution is 2.16. The number of hydrogen-bond donors (Lipinski definition) is 1. The van der Waals surface area contributed by atoms with E-state index in [1.54, 1.807) is 12.1 Å². The van der Waals surface area contributed by atoms with Gasteiger partial charge in [0.1, 0.15) is 6.54 Å². The van der Waals surface area contributed by atoms with Gasteiger partial charge in [-0.2, -0.15) is 0 Å². The molecule has 0 unspecified atom stereocenters. The zero-order valence-corrected chi connectivity index (χ0v) is 17.1. The SMILES string of the molecule is CCc1ccccc1NC(=O)CN(C)C(=O)CN1C(=O)C(=O)N(CC(C)C)C1=O. The molecule has 0 radical (unpaired) electrons. The van der Waals surface area contributed by atoms with Crippen LogP contribution in [0.2, 0.25) is 0 Å². The van der Waals surface area contributed by atoms with Gasteiger partial charge in [-0.25, -0.2) is 9.69 Å². The number of carbonyl (C=O) groups excluding carboxylic acids is 5. The third-order valence-electron chi connectivity index (χ3n) is 4.46. The molecule has 0 aliphatic carbocycles. The molecule has 1 heterocycles. The maximum atomic E-state index is 12.4. The van der Waals surface area contributed by atoms with Crippen molar-refractivity contribution in [3.63, 3.8) is 0 Å². The highest BCUT2D eigenvalue weighted by Gasteiger charge is 2.45. The fourth-order valence-corrected chi connectivity index (χ4v) is 2.92. The van der Waals surface area contributed by atoms with Crippen LogP contribution in [0.4, 0.5) is 10.5 Å². The molecule has 9 nitrogen and oxygen atoms in total. The summed E-state index contributed by atoms with van der Waals surface area (Å²) in [6.07, 6.45) is 0.741. The Labute approximate surface area is 169 Å². The van der Waals surface area contributed by atoms with Crippen molar-refractivity contribution in [3.05, 3.63) is 29.8 Å². The Kier molecular flexibility index (Phi) is 7.08. The highest BCUT2D eigenvalue weighted by molar-refractivity contribution is 6.45. The lowest BCUT2D eigenvalue weighted by atomic mass is 10.1. The normalized spacial score (nSPS) is 14.0. The Hall–Kier alpha value is -3.23. The van der Waals surface area contributed by atoms with Crippen LogP contribution in [0.25, 0.3) is 0 Å². The second-order valence-corrected chi connectivity index (χ2v) is 7.29. The summed E-state index contributed by atoms with van der Waals surface area (Å²) in [6.45, 7) is 4.84. The van der Waals surface area contributed by atoms with Crippen LogP contribution in [0.15, 0.2) is 24.3 Å². The minimum Gasteiger partial charge on any atom is -0.335 e. The maximum Gasteiger partial charge on any atom is 0.334 e. The molecule has 29 heavy (non-hydrogen) atoms. The molecule has 1 aliphatic rings. The monoisotopic (exact) mass is 402 g/mol. The van der Waals surface area contributed by atoms with Crippen LogP contribution in [0.3, 0.4) is 0 Å². The number of amides is 6. The van der Waals surface area contributed by atoms with E-state index in [2.05, 4.69) is 5.32 Å². The molecule has 2 rings (SSSR count). The lowest BCUT2D eigenvalue weighted by Gasteiger charge is -2.21. The van der Waals surface area contributed by atoms with Gasteiger partial charge in [0.25, 0.3) is 0 Å². The van der Waals surface area contributed by atoms with E-state index in [0.29, 0.717) is 10.6 Å². The predicted octanol–water partition coefficient (Wildman–Crippen LogP) is 1.09. The molecule has 0 atom stereocenters. The van der Waals surface area contributed by atoms with Gasteiger partial charge in [0.2, 0.25) is 11.8 Å². The number of nitrogens with zero attached hydrogens (tertiary/aromatic N) is 3. The number of nitrogens with one attached hydrogen (secondary N) is 1. The summed E-state index contributed by atoms with van der Waals surface area (Å²) in [7, 11) is 1.40. The van der Waals surface area contributed by atoms with Crippen molar-refractivity contribution in [2.45, 2.75) is 27.2 Å². The smallest absolute Gasteiger partial charge is 0.334 e. The van der Waals surface area contributed by atoms with E-state index in [9.17, 15) is 24.0 Å². The largest absolute Gasteiger partial charge is 0.335 e. The van der Waals surface area contributed by atoms with Crippen LogP contribution >= 0.6 is 0 Å². The van der Waals surface area contributed by atoms with Gasteiger partial charge in [-0.15, -0.1) is 0 Å². The summed E-state index contributed by atoms with van der Waals surface area (Å²) in [5.74, 6) is -3.00. The van der Waals surface area contributed by atoms with Gasteiger partial charge in [0, 0.05) is 19.3 Å². The number of urea groups is 1. The van der Waals surface area contributed by atoms with Gasteiger partial charge >= 0.3 is 17.8 Å². The number of aryl methyl sites for hydroxylation is 1. The van der Waals surface area contributed by atoms with Crippen LogP contribution in [0.1, 0.15) is 26.3 Å². The molecule has 6 amide bonds. The minimum absolute atomic E-state index is 0.0104. The lowest BCUT2D eigenvalue weighted by Crippen LogP contribution is -2.44. The third-order valence-corrected chi connectivity index (χ3v) is 4.46. The van der Waals surface area contributed by atoms with E-state index < -0.39 is 36.2 Å². The molecule has 1 aromatic rings. The Morgan fingerprint density at radius 2 is 1.69 bits per heavy atom. The van der Waals surface area contributed by atoms with E-state index >= 15 is 0 Å². The second kappa shape index (κ2) is 9.31. The van der Waals surface area contributed by atoms with Crippen LogP contribution in [0, 0.1) is 5.92 Å². The summed E-state index contributed by atoms with van der Waals surface area (Å²) >= 11 is 0. The zero-order chi connectivity index (χ0) is 21.7. The van der Waals surface area contributed by atoms with Crippen molar-refractivity contribution in [2.24, 2.45) is 5.92 Å². The van der Waals surface area contributed by atoms with Gasteiger partial charge in [-0.1, -0.05) is 39.0 Å². The average molecular weight is 402 g/mol. The third kappa shape index (κ3) is 5.18. The molecule has 156 valence electrons. The number of carbonyl (C=O) groups is 5. The average Bonchev–Trinajstić information content (AvgIpc) is 2.86. The fraction of sp³-hybridized carbons (Fsp3) is 0.450. The molecular formula is C20H26N4O5. The molecule has 1 fully saturated rings. The number of likely N-dealkylation sites (N-methyl/N-ethyl adjacent to an activating group) is 1. The van der Waals surface area contributed by atoms with Crippen LogP contribution in [-0.2, 0) is 25.6 Å². The lowest BCUT2D eigenvalue weighted by molar-refractivity contribution is -0.145. The first-order valence-corrected chi connectivity index (χ1v) is 9.44. The van der Waals surface area contributed by atoms with Crippen molar-refractivity contribution in [2.75, 3.05) is 32.0 Å². The minimum atomic E-state index is -1.03. The summed E-state index contributed by atoms with van der Waals surface area (Å²) in [4.78, 5) is 63.6. The quantitative estimate of drug-likeness (QED) is 0.517. The standard InChI is InChI=1S/C20H26N4O5/c1-5-14-8-6-7-9-15(14)21-16(25)11-22(4)17(26)12-24-19(28)18(27)23(20(24)29)10-13(2)3/h6-9,13H,5,10-12H2,1-4H3,(H,21,25). The van der Waals surface area contributed by atoms with Crippen molar-refractivity contribution >= 4 is 35.3 Å². The molecule has 1 saturated heterocycles. The van der Waals surface area contributed by atoms with Crippen molar-refractivity contribution in [1.82, 2.24) is 14.7 Å². The van der Waals surface area contributed by atoms with E-state index in [0.717, 1.165) is 21.8 Å². The van der Waals surface area contributed by atoms with Gasteiger partial charge in [0.05, 0.1) is 6.54 Å². The van der Waals surface area contributed by atoms with Gasteiger partial charge in [-0.3, -0.25) is 24.1 Å². The van der Waals surface area contributed by atoms with Crippen molar-refractivity contribution < 1.29 is 24.0 Å². The molecule has 1 aromatic carbocycles. The molecule has 1 aliphatic heterocycles. The van der Waals surface area contributed by atoms with E-state index in [1.807, 2.05) is 32.9 Å². The topological polar surface area (TPSA) is 107 Å². The van der Waals surface area contributed by atoms with Crippen LogP contribution < -0.4 is 5.32 Å². The Balaban J connectivity index is 1.96. The highest BCUT2D eigenvalue weighted by atomic mass is 16.2. The molecule has 9 heteroatoms. The van der Waals surface area contributed by atoms with Crippen molar-refractivity contribution in [1.29, 1.82) is 0 Å². The Morgan fingerprint density at radius 3 is 2.31 bits per heavy atom. The number of benzene rings is 1. The summed E-state index contributed by atoms with van der Waals surface area (Å²) in [5.41, 5.74) is 1.63. The molecule has 1 N–H and O–H groups in total. The maximum absolute atomic E-state index is 12.4. The number of hydrogen-bond acceptors (Lipinski definition) is 5. The molecule has 0 saturated carbocycles. The molecular weight excluding hydrogens is 376 g/mol. The van der Waals surface area contributed by atoms with Gasteiger partial charge in [0.15, 0.2) is 0 Å². The van der Waals surface area contributed by atoms with E-state index in [1.165, 1.54) is 7.05 Å². The summed E-state index contributed by atoms with van der Waals surface area (Å²) in [6, 6.07) is 6.53. The fourth-order valence-electron chi connectivity index (χ4n) is 2.92. The van der Waals surface area contributed by atoms with E-state index in [-0.39, 0.29) is 19.0 Å². The molecule has 0 aromatic heterocycles. The first-order valence-electron chi connectivity index (χ1n) is 9.44.